The molecular weight excluding hydrogens is 316 g/mol. The molecule has 25 heavy (non-hydrogen) atoms. The summed E-state index contributed by atoms with van der Waals surface area (Å²) in [4.78, 5) is 24.9. The monoisotopic (exact) mass is 342 g/mol. The standard InChI is InChI=1S/C19H26N4O2/c1-14(25-13-15-7-8-15)18(24)22-9-4-10-23(12-11-22)19-20-16-5-2-3-6-17(16)21-19/h2-3,5-6,14-15H,4,7-13H2,1H3,(H,20,21)/t14-/m1/s1. The predicted octanol–water partition coefficient (Wildman–Crippen LogP) is 2.42. The number of nitrogens with one attached hydrogen (secondary N) is 1. The first-order chi connectivity index (χ1) is 12.2. The molecule has 0 bridgehead atoms. The van der Waals surface area contributed by atoms with Crippen molar-refractivity contribution >= 4 is 22.9 Å². The molecule has 1 atom stereocenters. The molecular formula is C19H26N4O2. The number of anilines is 1. The number of carbonyl (C=O) groups excluding carboxylic acids is 1. The Morgan fingerprint density at radius 2 is 2.12 bits per heavy atom. The van der Waals surface area contributed by atoms with E-state index >= 15 is 0 Å². The van der Waals surface area contributed by atoms with E-state index in [1.807, 2.05) is 36.1 Å². The van der Waals surface area contributed by atoms with Crippen molar-refractivity contribution in [2.24, 2.45) is 5.92 Å². The van der Waals surface area contributed by atoms with Crippen LogP contribution in [-0.4, -0.2) is 59.7 Å². The molecule has 2 fully saturated rings. The summed E-state index contributed by atoms with van der Waals surface area (Å²) in [5.41, 5.74) is 2.04. The fraction of sp³-hybridized carbons (Fsp3) is 0.579. The topological polar surface area (TPSA) is 61.5 Å². The first-order valence-electron chi connectivity index (χ1n) is 9.31. The maximum absolute atomic E-state index is 12.6. The first kappa shape index (κ1) is 16.4. The second kappa shape index (κ2) is 7.04. The number of imidazole rings is 1. The van der Waals surface area contributed by atoms with Crippen LogP contribution in [0, 0.1) is 5.92 Å². The van der Waals surface area contributed by atoms with Gasteiger partial charge in [-0.2, -0.15) is 0 Å². The Kier molecular flexibility index (Phi) is 4.61. The third-order valence-electron chi connectivity index (χ3n) is 5.11. The number of aromatic amines is 1. The third kappa shape index (κ3) is 3.79. The fourth-order valence-corrected chi connectivity index (χ4v) is 3.33. The number of hydrogen-bond donors (Lipinski definition) is 1. The summed E-state index contributed by atoms with van der Waals surface area (Å²) in [6, 6.07) is 8.06. The van der Waals surface area contributed by atoms with Crippen LogP contribution in [-0.2, 0) is 9.53 Å². The van der Waals surface area contributed by atoms with Crippen LogP contribution >= 0.6 is 0 Å². The highest BCUT2D eigenvalue weighted by atomic mass is 16.5. The summed E-state index contributed by atoms with van der Waals surface area (Å²) < 4.78 is 5.75. The molecule has 1 N–H and O–H groups in total. The van der Waals surface area contributed by atoms with Gasteiger partial charge in [-0.3, -0.25) is 4.79 Å². The largest absolute Gasteiger partial charge is 0.368 e. The molecule has 1 aliphatic heterocycles. The van der Waals surface area contributed by atoms with Gasteiger partial charge in [0.2, 0.25) is 5.95 Å². The van der Waals surface area contributed by atoms with E-state index in [-0.39, 0.29) is 12.0 Å². The lowest BCUT2D eigenvalue weighted by Crippen LogP contribution is -2.41. The summed E-state index contributed by atoms with van der Waals surface area (Å²) in [5.74, 6) is 1.70. The Hall–Kier alpha value is -2.08. The van der Waals surface area contributed by atoms with E-state index in [4.69, 9.17) is 4.74 Å². The lowest BCUT2D eigenvalue weighted by molar-refractivity contribution is -0.142. The molecule has 4 rings (SSSR count). The quantitative estimate of drug-likeness (QED) is 0.906. The summed E-state index contributed by atoms with van der Waals surface area (Å²) in [5, 5.41) is 0. The predicted molar refractivity (Wildman–Crippen MR) is 97.6 cm³/mol. The number of benzene rings is 1. The third-order valence-corrected chi connectivity index (χ3v) is 5.11. The zero-order chi connectivity index (χ0) is 17.2. The molecule has 134 valence electrons. The number of amides is 1. The molecule has 0 spiro atoms. The molecule has 1 aliphatic carbocycles. The van der Waals surface area contributed by atoms with Crippen molar-refractivity contribution in [2.75, 3.05) is 37.7 Å². The zero-order valence-electron chi connectivity index (χ0n) is 14.8. The number of hydrogen-bond acceptors (Lipinski definition) is 4. The Bertz CT molecular complexity index is 707. The van der Waals surface area contributed by atoms with E-state index < -0.39 is 0 Å². The molecule has 6 nitrogen and oxygen atoms in total. The molecule has 2 aliphatic rings. The van der Waals surface area contributed by atoms with Gasteiger partial charge in [-0.05, 0) is 44.2 Å². The Labute approximate surface area is 148 Å². The molecule has 1 aromatic heterocycles. The van der Waals surface area contributed by atoms with Crippen molar-refractivity contribution in [2.45, 2.75) is 32.3 Å². The van der Waals surface area contributed by atoms with E-state index in [1.165, 1.54) is 12.8 Å². The molecule has 0 unspecified atom stereocenters. The number of ether oxygens (including phenoxy) is 1. The second-order valence-corrected chi connectivity index (χ2v) is 7.16. The SMILES string of the molecule is C[C@@H](OCC1CC1)C(=O)N1CCCN(c2nc3ccccc3[nH]2)CC1. The van der Waals surface area contributed by atoms with Gasteiger partial charge in [0.05, 0.1) is 17.6 Å². The van der Waals surface area contributed by atoms with E-state index in [2.05, 4.69) is 14.9 Å². The van der Waals surface area contributed by atoms with Gasteiger partial charge in [0.1, 0.15) is 6.10 Å². The smallest absolute Gasteiger partial charge is 0.251 e. The summed E-state index contributed by atoms with van der Waals surface area (Å²) in [6.07, 6.45) is 3.10. The van der Waals surface area contributed by atoms with Crippen LogP contribution < -0.4 is 4.90 Å². The number of H-pyrrole nitrogens is 1. The minimum absolute atomic E-state index is 0.118. The maximum Gasteiger partial charge on any atom is 0.251 e. The lowest BCUT2D eigenvalue weighted by Gasteiger charge is -2.24. The highest BCUT2D eigenvalue weighted by molar-refractivity contribution is 5.81. The summed E-state index contributed by atoms with van der Waals surface area (Å²) in [6.45, 7) is 5.81. The van der Waals surface area contributed by atoms with Crippen molar-refractivity contribution in [3.05, 3.63) is 24.3 Å². The maximum atomic E-state index is 12.6. The van der Waals surface area contributed by atoms with Crippen molar-refractivity contribution in [3.63, 3.8) is 0 Å². The van der Waals surface area contributed by atoms with Crippen LogP contribution in [0.2, 0.25) is 0 Å². The average Bonchev–Trinajstić information content (AvgIpc) is 3.40. The minimum Gasteiger partial charge on any atom is -0.368 e. The number of aromatic nitrogens is 2. The van der Waals surface area contributed by atoms with Gasteiger partial charge in [0, 0.05) is 26.2 Å². The van der Waals surface area contributed by atoms with Crippen molar-refractivity contribution in [3.8, 4) is 0 Å². The van der Waals surface area contributed by atoms with Crippen LogP contribution in [0.5, 0.6) is 0 Å². The van der Waals surface area contributed by atoms with E-state index in [0.717, 1.165) is 49.6 Å². The van der Waals surface area contributed by atoms with Gasteiger partial charge in [0.15, 0.2) is 0 Å². The summed E-state index contributed by atoms with van der Waals surface area (Å²) >= 11 is 0. The molecule has 0 radical (unpaired) electrons. The van der Waals surface area contributed by atoms with Gasteiger partial charge >= 0.3 is 0 Å². The Morgan fingerprint density at radius 3 is 2.92 bits per heavy atom. The number of carbonyl (C=O) groups is 1. The number of rotatable bonds is 5. The molecule has 1 saturated carbocycles. The normalized spacial score (nSPS) is 19.9. The number of para-hydroxylation sites is 2. The molecule has 2 heterocycles. The number of fused-ring (bicyclic) bond motifs is 1. The highest BCUT2D eigenvalue weighted by Crippen LogP contribution is 2.29. The number of nitrogens with zero attached hydrogens (tertiary/aromatic N) is 3. The van der Waals surface area contributed by atoms with Gasteiger partial charge in [-0.15, -0.1) is 0 Å². The van der Waals surface area contributed by atoms with Crippen LogP contribution in [0.15, 0.2) is 24.3 Å². The van der Waals surface area contributed by atoms with Gasteiger partial charge in [0.25, 0.3) is 5.91 Å². The first-order valence-corrected chi connectivity index (χ1v) is 9.31. The molecule has 1 saturated heterocycles. The van der Waals surface area contributed by atoms with Crippen molar-refractivity contribution < 1.29 is 9.53 Å². The summed E-state index contributed by atoms with van der Waals surface area (Å²) in [7, 11) is 0. The highest BCUT2D eigenvalue weighted by Gasteiger charge is 2.27. The molecule has 1 aromatic carbocycles. The minimum atomic E-state index is -0.335. The van der Waals surface area contributed by atoms with E-state index in [9.17, 15) is 4.79 Å². The lowest BCUT2D eigenvalue weighted by atomic mass is 10.3. The van der Waals surface area contributed by atoms with Crippen LogP contribution in [0.25, 0.3) is 11.0 Å². The van der Waals surface area contributed by atoms with E-state index in [1.54, 1.807) is 0 Å². The van der Waals surface area contributed by atoms with Crippen molar-refractivity contribution in [1.82, 2.24) is 14.9 Å². The zero-order valence-corrected chi connectivity index (χ0v) is 14.8. The molecule has 2 aromatic rings. The molecule has 1 amide bonds. The van der Waals surface area contributed by atoms with Gasteiger partial charge in [-0.25, -0.2) is 4.98 Å². The van der Waals surface area contributed by atoms with Crippen LogP contribution in [0.3, 0.4) is 0 Å². The molecule has 6 heteroatoms. The Balaban J connectivity index is 1.36. The van der Waals surface area contributed by atoms with Crippen molar-refractivity contribution in [1.29, 1.82) is 0 Å². The van der Waals surface area contributed by atoms with Crippen LogP contribution in [0.1, 0.15) is 26.2 Å². The van der Waals surface area contributed by atoms with Gasteiger partial charge < -0.3 is 19.5 Å². The Morgan fingerprint density at radius 1 is 1.28 bits per heavy atom. The fourth-order valence-electron chi connectivity index (χ4n) is 3.33. The van der Waals surface area contributed by atoms with Gasteiger partial charge in [-0.1, -0.05) is 12.1 Å². The second-order valence-electron chi connectivity index (χ2n) is 7.16. The van der Waals surface area contributed by atoms with E-state index in [0.29, 0.717) is 12.5 Å². The average molecular weight is 342 g/mol. The van der Waals surface area contributed by atoms with Crippen LogP contribution in [0.4, 0.5) is 5.95 Å².